The Morgan fingerprint density at radius 2 is 1.95 bits per heavy atom. The van der Waals surface area contributed by atoms with Crippen LogP contribution >= 0.6 is 15.9 Å². The predicted molar refractivity (Wildman–Crippen MR) is 85.4 cm³/mol. The van der Waals surface area contributed by atoms with Gasteiger partial charge in [0.1, 0.15) is 5.82 Å². The molecule has 2 rings (SSSR count). The SMILES string of the molecule is Cc1nc(C)c(CCC(=O)Nc2ccc(Br)cc2)c(=O)[nH]1. The van der Waals surface area contributed by atoms with Gasteiger partial charge in [0, 0.05) is 27.8 Å². The molecule has 1 aromatic carbocycles. The van der Waals surface area contributed by atoms with Gasteiger partial charge >= 0.3 is 0 Å². The third-order valence-electron chi connectivity index (χ3n) is 3.07. The normalized spacial score (nSPS) is 10.4. The smallest absolute Gasteiger partial charge is 0.254 e. The highest BCUT2D eigenvalue weighted by Gasteiger charge is 2.09. The molecule has 2 N–H and O–H groups in total. The average molecular weight is 350 g/mol. The minimum absolute atomic E-state index is 0.128. The van der Waals surface area contributed by atoms with Crippen molar-refractivity contribution in [1.82, 2.24) is 9.97 Å². The number of anilines is 1. The average Bonchev–Trinajstić information content (AvgIpc) is 2.40. The highest BCUT2D eigenvalue weighted by molar-refractivity contribution is 9.10. The summed E-state index contributed by atoms with van der Waals surface area (Å²) in [4.78, 5) is 30.6. The highest BCUT2D eigenvalue weighted by atomic mass is 79.9. The number of nitrogens with one attached hydrogen (secondary N) is 2. The topological polar surface area (TPSA) is 74.8 Å². The summed E-state index contributed by atoms with van der Waals surface area (Å²) in [7, 11) is 0. The molecule has 0 saturated heterocycles. The number of amides is 1. The maximum Gasteiger partial charge on any atom is 0.254 e. The van der Waals surface area contributed by atoms with E-state index in [9.17, 15) is 9.59 Å². The molecule has 0 spiro atoms. The van der Waals surface area contributed by atoms with Gasteiger partial charge in [-0.25, -0.2) is 4.98 Å². The maximum absolute atomic E-state index is 11.9. The number of aromatic amines is 1. The molecule has 6 heteroatoms. The van der Waals surface area contributed by atoms with Crippen molar-refractivity contribution in [2.75, 3.05) is 5.32 Å². The van der Waals surface area contributed by atoms with E-state index in [4.69, 9.17) is 0 Å². The Hall–Kier alpha value is -1.95. The van der Waals surface area contributed by atoms with Crippen molar-refractivity contribution in [1.29, 1.82) is 0 Å². The molecule has 0 unspecified atom stereocenters. The summed E-state index contributed by atoms with van der Waals surface area (Å²) < 4.78 is 0.952. The van der Waals surface area contributed by atoms with Gasteiger partial charge in [0.25, 0.3) is 5.56 Å². The second-order valence-electron chi connectivity index (χ2n) is 4.77. The Morgan fingerprint density at radius 1 is 1.29 bits per heavy atom. The molecule has 1 aromatic heterocycles. The lowest BCUT2D eigenvalue weighted by Crippen LogP contribution is -2.20. The first-order valence-electron chi connectivity index (χ1n) is 6.57. The molecule has 21 heavy (non-hydrogen) atoms. The molecule has 0 radical (unpaired) electrons. The summed E-state index contributed by atoms with van der Waals surface area (Å²) in [6.45, 7) is 3.52. The fraction of sp³-hybridized carbons (Fsp3) is 0.267. The van der Waals surface area contributed by atoms with Crippen LogP contribution in [-0.4, -0.2) is 15.9 Å². The van der Waals surface area contributed by atoms with Crippen LogP contribution in [-0.2, 0) is 11.2 Å². The number of carbonyl (C=O) groups is 1. The van der Waals surface area contributed by atoms with Crippen molar-refractivity contribution < 1.29 is 4.79 Å². The Morgan fingerprint density at radius 3 is 2.57 bits per heavy atom. The zero-order valence-electron chi connectivity index (χ0n) is 11.9. The van der Waals surface area contributed by atoms with Crippen LogP contribution in [0.1, 0.15) is 23.5 Å². The van der Waals surface area contributed by atoms with Gasteiger partial charge in [0.2, 0.25) is 5.91 Å². The number of benzene rings is 1. The summed E-state index contributed by atoms with van der Waals surface area (Å²) >= 11 is 3.34. The molecule has 0 aliphatic heterocycles. The molecule has 2 aromatic rings. The van der Waals surface area contributed by atoms with Crippen molar-refractivity contribution in [3.8, 4) is 0 Å². The van der Waals surface area contributed by atoms with Crippen molar-refractivity contribution in [3.63, 3.8) is 0 Å². The molecule has 5 nitrogen and oxygen atoms in total. The summed E-state index contributed by atoms with van der Waals surface area (Å²) in [5, 5.41) is 2.80. The van der Waals surface area contributed by atoms with E-state index >= 15 is 0 Å². The highest BCUT2D eigenvalue weighted by Crippen LogP contribution is 2.14. The molecule has 0 atom stereocenters. The van der Waals surface area contributed by atoms with E-state index in [0.29, 0.717) is 23.5 Å². The molecule has 0 saturated carbocycles. The molecular weight excluding hydrogens is 334 g/mol. The van der Waals surface area contributed by atoms with Gasteiger partial charge in [-0.2, -0.15) is 0 Å². The minimum atomic E-state index is -0.170. The van der Waals surface area contributed by atoms with Crippen LogP contribution in [0.2, 0.25) is 0 Å². The fourth-order valence-electron chi connectivity index (χ4n) is 2.04. The third-order valence-corrected chi connectivity index (χ3v) is 3.60. The van der Waals surface area contributed by atoms with Crippen LogP contribution in [0, 0.1) is 13.8 Å². The predicted octanol–water partition coefficient (Wildman–Crippen LogP) is 2.72. The van der Waals surface area contributed by atoms with Gasteiger partial charge in [0.05, 0.1) is 0 Å². The number of H-pyrrole nitrogens is 1. The monoisotopic (exact) mass is 349 g/mol. The van der Waals surface area contributed by atoms with Gasteiger partial charge in [-0.3, -0.25) is 9.59 Å². The Labute approximate surface area is 130 Å². The van der Waals surface area contributed by atoms with E-state index < -0.39 is 0 Å². The second-order valence-corrected chi connectivity index (χ2v) is 5.69. The zero-order valence-corrected chi connectivity index (χ0v) is 13.5. The zero-order chi connectivity index (χ0) is 15.4. The lowest BCUT2D eigenvalue weighted by Gasteiger charge is -2.07. The van der Waals surface area contributed by atoms with E-state index in [1.165, 1.54) is 0 Å². The number of carbonyl (C=O) groups excluding carboxylic acids is 1. The van der Waals surface area contributed by atoms with E-state index in [-0.39, 0.29) is 17.9 Å². The van der Waals surface area contributed by atoms with Gasteiger partial charge in [-0.15, -0.1) is 0 Å². The number of hydrogen-bond donors (Lipinski definition) is 2. The summed E-state index contributed by atoms with van der Waals surface area (Å²) in [5.41, 5.74) is 1.80. The number of aromatic nitrogens is 2. The molecule has 1 heterocycles. The Bertz CT molecular complexity index is 708. The molecule has 0 aliphatic carbocycles. The van der Waals surface area contributed by atoms with Crippen LogP contribution in [0.25, 0.3) is 0 Å². The molecule has 0 bridgehead atoms. The van der Waals surface area contributed by atoms with Gasteiger partial charge in [0.15, 0.2) is 0 Å². The first-order valence-corrected chi connectivity index (χ1v) is 7.37. The maximum atomic E-state index is 11.9. The van der Waals surface area contributed by atoms with Gasteiger partial charge in [-0.05, 0) is 44.5 Å². The fourth-order valence-corrected chi connectivity index (χ4v) is 2.31. The quantitative estimate of drug-likeness (QED) is 0.890. The van der Waals surface area contributed by atoms with Crippen LogP contribution in [0.15, 0.2) is 33.5 Å². The van der Waals surface area contributed by atoms with Gasteiger partial charge in [-0.1, -0.05) is 15.9 Å². The molecular formula is C15H16BrN3O2. The standard InChI is InChI=1S/C15H16BrN3O2/c1-9-13(15(21)18-10(2)17-9)7-8-14(20)19-12-5-3-11(16)4-6-12/h3-6H,7-8H2,1-2H3,(H,19,20)(H,17,18,21). The summed E-state index contributed by atoms with van der Waals surface area (Å²) in [6.07, 6.45) is 0.613. The van der Waals surface area contributed by atoms with E-state index in [0.717, 1.165) is 10.2 Å². The van der Waals surface area contributed by atoms with Crippen LogP contribution in [0.4, 0.5) is 5.69 Å². The van der Waals surface area contributed by atoms with Crippen molar-refractivity contribution in [2.24, 2.45) is 0 Å². The van der Waals surface area contributed by atoms with E-state index in [2.05, 4.69) is 31.2 Å². The van der Waals surface area contributed by atoms with E-state index in [1.807, 2.05) is 24.3 Å². The third kappa shape index (κ3) is 4.26. The number of nitrogens with zero attached hydrogens (tertiary/aromatic N) is 1. The number of hydrogen-bond acceptors (Lipinski definition) is 3. The Balaban J connectivity index is 1.98. The van der Waals surface area contributed by atoms with Crippen molar-refractivity contribution in [2.45, 2.75) is 26.7 Å². The lowest BCUT2D eigenvalue weighted by molar-refractivity contribution is -0.116. The summed E-state index contributed by atoms with van der Waals surface area (Å²) in [6, 6.07) is 7.34. The largest absolute Gasteiger partial charge is 0.326 e. The van der Waals surface area contributed by atoms with Crippen LogP contribution in [0.3, 0.4) is 0 Å². The van der Waals surface area contributed by atoms with Gasteiger partial charge < -0.3 is 10.3 Å². The molecule has 0 fully saturated rings. The van der Waals surface area contributed by atoms with Crippen LogP contribution < -0.4 is 10.9 Å². The van der Waals surface area contributed by atoms with Crippen molar-refractivity contribution in [3.05, 3.63) is 56.2 Å². The second kappa shape index (κ2) is 6.67. The summed E-state index contributed by atoms with van der Waals surface area (Å²) in [5.74, 6) is 0.456. The van der Waals surface area contributed by atoms with Crippen molar-refractivity contribution >= 4 is 27.5 Å². The first kappa shape index (κ1) is 15.4. The number of aryl methyl sites for hydroxylation is 2. The number of rotatable bonds is 4. The molecule has 1 amide bonds. The first-order chi connectivity index (χ1) is 9.95. The van der Waals surface area contributed by atoms with Crippen LogP contribution in [0.5, 0.6) is 0 Å². The van der Waals surface area contributed by atoms with E-state index in [1.54, 1.807) is 13.8 Å². The Kier molecular flexibility index (Phi) is 4.90. The molecule has 110 valence electrons. The number of halogens is 1. The lowest BCUT2D eigenvalue weighted by atomic mass is 10.1. The molecule has 0 aliphatic rings. The minimum Gasteiger partial charge on any atom is -0.326 e.